The Balaban J connectivity index is 1.79. The zero-order chi connectivity index (χ0) is 13.7. The van der Waals surface area contributed by atoms with Crippen molar-refractivity contribution in [3.8, 4) is 0 Å². The summed E-state index contributed by atoms with van der Waals surface area (Å²) in [6.07, 6.45) is 4.77. The molecular weight excluding hydrogens is 300 g/mol. The Morgan fingerprint density at radius 1 is 1.37 bits per heavy atom. The van der Waals surface area contributed by atoms with Crippen molar-refractivity contribution in [2.24, 2.45) is 0 Å². The zero-order valence-corrected chi connectivity index (χ0v) is 13.4. The second-order valence-corrected chi connectivity index (χ2v) is 6.43. The average Bonchev–Trinajstić information content (AvgIpc) is 2.38. The summed E-state index contributed by atoms with van der Waals surface area (Å²) in [7, 11) is 0. The van der Waals surface area contributed by atoms with E-state index in [0.717, 1.165) is 11.0 Å². The molecule has 1 aliphatic rings. The van der Waals surface area contributed by atoms with E-state index in [0.29, 0.717) is 6.04 Å². The average molecular weight is 323 g/mol. The molecule has 0 radical (unpaired) electrons. The lowest BCUT2D eigenvalue weighted by atomic mass is 10.0. The number of hydrogen-bond acceptors (Lipinski definition) is 2. The van der Waals surface area contributed by atoms with E-state index in [1.165, 1.54) is 37.2 Å². The fourth-order valence-electron chi connectivity index (χ4n) is 2.39. The molecule has 3 heteroatoms. The number of likely N-dealkylation sites (tertiary alicyclic amines) is 1. The predicted molar refractivity (Wildman–Crippen MR) is 86.7 cm³/mol. The number of nitrogens with one attached hydrogen (secondary N) is 1. The Morgan fingerprint density at radius 2 is 2.11 bits per heavy atom. The highest BCUT2D eigenvalue weighted by molar-refractivity contribution is 9.10. The highest BCUT2D eigenvalue weighted by Gasteiger charge is 2.18. The highest BCUT2D eigenvalue weighted by atomic mass is 79.9. The normalized spacial score (nSPS) is 17.2. The minimum absolute atomic E-state index is 0.609. The molecule has 0 unspecified atom stereocenters. The van der Waals surface area contributed by atoms with Crippen molar-refractivity contribution in [3.05, 3.63) is 40.4 Å². The van der Waals surface area contributed by atoms with Gasteiger partial charge in [0.1, 0.15) is 0 Å². The van der Waals surface area contributed by atoms with Crippen LogP contribution in [0.5, 0.6) is 0 Å². The van der Waals surface area contributed by atoms with Crippen LogP contribution in [0.4, 0.5) is 5.69 Å². The third kappa shape index (κ3) is 5.00. The summed E-state index contributed by atoms with van der Waals surface area (Å²) in [5, 5.41) is 3.64. The molecule has 1 aliphatic heterocycles. The molecule has 104 valence electrons. The van der Waals surface area contributed by atoms with Crippen LogP contribution in [0.2, 0.25) is 0 Å². The second-order valence-electron chi connectivity index (χ2n) is 5.51. The van der Waals surface area contributed by atoms with E-state index in [4.69, 9.17) is 0 Å². The van der Waals surface area contributed by atoms with Crippen molar-refractivity contribution in [2.75, 3.05) is 25.0 Å². The summed E-state index contributed by atoms with van der Waals surface area (Å²) >= 11 is 3.52. The minimum atomic E-state index is 0.609. The van der Waals surface area contributed by atoms with Crippen LogP contribution < -0.4 is 5.32 Å². The Bertz CT molecular complexity index is 430. The summed E-state index contributed by atoms with van der Waals surface area (Å²) in [5.41, 5.74) is 2.63. The van der Waals surface area contributed by atoms with E-state index < -0.39 is 0 Å². The van der Waals surface area contributed by atoms with Crippen molar-refractivity contribution in [3.63, 3.8) is 0 Å². The first-order valence-electron chi connectivity index (χ1n) is 7.01. The molecule has 0 bridgehead atoms. The summed E-state index contributed by atoms with van der Waals surface area (Å²) in [6, 6.07) is 9.04. The highest BCUT2D eigenvalue weighted by Crippen LogP contribution is 2.20. The molecule has 2 rings (SSSR count). The summed E-state index contributed by atoms with van der Waals surface area (Å²) in [5.74, 6) is 0. The first kappa shape index (κ1) is 14.6. The molecule has 1 N–H and O–H groups in total. The number of benzene rings is 1. The van der Waals surface area contributed by atoms with E-state index in [2.05, 4.69) is 70.3 Å². The lowest BCUT2D eigenvalue weighted by Gasteiger charge is -2.32. The van der Waals surface area contributed by atoms with Crippen molar-refractivity contribution >= 4 is 21.6 Å². The summed E-state index contributed by atoms with van der Waals surface area (Å²) in [4.78, 5) is 2.53. The Kier molecular flexibility index (Phi) is 5.46. The monoisotopic (exact) mass is 322 g/mol. The predicted octanol–water partition coefficient (Wildman–Crippen LogP) is 4.29. The standard InChI is InChI=1S/C16H23BrN2/c1-13(2)6-9-19-10-7-15(8-11-19)18-16-5-3-4-14(17)12-16/h3-6,12,15,18H,7-11H2,1-2H3. The van der Waals surface area contributed by atoms with Gasteiger partial charge < -0.3 is 5.32 Å². The van der Waals surface area contributed by atoms with Crippen LogP contribution in [0.15, 0.2) is 40.4 Å². The van der Waals surface area contributed by atoms with Crippen LogP contribution in [0, 0.1) is 0 Å². The van der Waals surface area contributed by atoms with Gasteiger partial charge in [-0.15, -0.1) is 0 Å². The Hall–Kier alpha value is -0.800. The quantitative estimate of drug-likeness (QED) is 0.832. The Morgan fingerprint density at radius 3 is 2.74 bits per heavy atom. The van der Waals surface area contributed by atoms with Crippen LogP contribution in [0.1, 0.15) is 26.7 Å². The first-order valence-corrected chi connectivity index (χ1v) is 7.80. The van der Waals surface area contributed by atoms with Gasteiger partial charge in [0.2, 0.25) is 0 Å². The third-order valence-corrected chi connectivity index (χ3v) is 4.03. The van der Waals surface area contributed by atoms with Gasteiger partial charge >= 0.3 is 0 Å². The maximum atomic E-state index is 3.64. The van der Waals surface area contributed by atoms with Gasteiger partial charge in [0.05, 0.1) is 0 Å². The number of allylic oxidation sites excluding steroid dienone is 1. The molecule has 0 aliphatic carbocycles. The van der Waals surface area contributed by atoms with Gasteiger partial charge in [-0.2, -0.15) is 0 Å². The van der Waals surface area contributed by atoms with Gasteiger partial charge in [-0.1, -0.05) is 33.6 Å². The largest absolute Gasteiger partial charge is 0.382 e. The maximum Gasteiger partial charge on any atom is 0.0353 e. The van der Waals surface area contributed by atoms with Crippen LogP contribution in [-0.2, 0) is 0 Å². The smallest absolute Gasteiger partial charge is 0.0353 e. The number of hydrogen-bond donors (Lipinski definition) is 1. The molecule has 19 heavy (non-hydrogen) atoms. The van der Waals surface area contributed by atoms with Gasteiger partial charge in [-0.3, -0.25) is 4.90 Å². The molecular formula is C16H23BrN2. The Labute approximate surface area is 125 Å². The molecule has 1 heterocycles. The summed E-state index contributed by atoms with van der Waals surface area (Å²) < 4.78 is 1.14. The van der Waals surface area contributed by atoms with Gasteiger partial charge in [0.25, 0.3) is 0 Å². The van der Waals surface area contributed by atoms with Gasteiger partial charge in [0, 0.05) is 35.8 Å². The van der Waals surface area contributed by atoms with Crippen LogP contribution in [0.3, 0.4) is 0 Å². The van der Waals surface area contributed by atoms with Crippen LogP contribution >= 0.6 is 15.9 Å². The minimum Gasteiger partial charge on any atom is -0.382 e. The third-order valence-electron chi connectivity index (χ3n) is 3.54. The molecule has 0 atom stereocenters. The molecule has 1 aromatic rings. The number of rotatable bonds is 4. The van der Waals surface area contributed by atoms with E-state index >= 15 is 0 Å². The molecule has 0 spiro atoms. The van der Waals surface area contributed by atoms with Crippen molar-refractivity contribution in [2.45, 2.75) is 32.7 Å². The first-order chi connectivity index (χ1) is 9.13. The molecule has 0 amide bonds. The fraction of sp³-hybridized carbons (Fsp3) is 0.500. The molecule has 1 fully saturated rings. The van der Waals surface area contributed by atoms with E-state index in [1.807, 2.05) is 0 Å². The van der Waals surface area contributed by atoms with Gasteiger partial charge in [-0.25, -0.2) is 0 Å². The molecule has 0 aromatic heterocycles. The fourth-order valence-corrected chi connectivity index (χ4v) is 2.78. The number of halogens is 1. The zero-order valence-electron chi connectivity index (χ0n) is 11.8. The van der Waals surface area contributed by atoms with Crippen LogP contribution in [0.25, 0.3) is 0 Å². The molecule has 0 saturated carbocycles. The van der Waals surface area contributed by atoms with Crippen LogP contribution in [-0.4, -0.2) is 30.6 Å². The van der Waals surface area contributed by atoms with Crippen molar-refractivity contribution in [1.29, 1.82) is 0 Å². The number of nitrogens with zero attached hydrogens (tertiary/aromatic N) is 1. The molecule has 1 saturated heterocycles. The lowest BCUT2D eigenvalue weighted by Crippen LogP contribution is -2.39. The van der Waals surface area contributed by atoms with Crippen molar-refractivity contribution < 1.29 is 0 Å². The maximum absolute atomic E-state index is 3.64. The SMILES string of the molecule is CC(C)=CCN1CCC(Nc2cccc(Br)c2)CC1. The molecule has 1 aromatic carbocycles. The van der Waals surface area contributed by atoms with E-state index in [9.17, 15) is 0 Å². The van der Waals surface area contributed by atoms with Gasteiger partial charge in [0.15, 0.2) is 0 Å². The van der Waals surface area contributed by atoms with Gasteiger partial charge in [-0.05, 0) is 44.9 Å². The number of piperidine rings is 1. The number of anilines is 1. The van der Waals surface area contributed by atoms with E-state index in [-0.39, 0.29) is 0 Å². The summed E-state index contributed by atoms with van der Waals surface area (Å²) in [6.45, 7) is 7.82. The molecule has 2 nitrogen and oxygen atoms in total. The van der Waals surface area contributed by atoms with Crippen molar-refractivity contribution in [1.82, 2.24) is 4.90 Å². The topological polar surface area (TPSA) is 15.3 Å². The van der Waals surface area contributed by atoms with E-state index in [1.54, 1.807) is 0 Å². The lowest BCUT2D eigenvalue weighted by molar-refractivity contribution is 0.240. The second kappa shape index (κ2) is 7.11.